The van der Waals surface area contributed by atoms with Crippen LogP contribution in [-0.4, -0.2) is 53.1 Å². The molecule has 0 spiro atoms. The summed E-state index contributed by atoms with van der Waals surface area (Å²) in [5.41, 5.74) is 5.88. The lowest BCUT2D eigenvalue weighted by atomic mass is 9.81. The first-order chi connectivity index (χ1) is 9.67. The molecular formula is C16H31N3S. The molecule has 2 fully saturated rings. The van der Waals surface area contributed by atoms with Gasteiger partial charge in [-0.2, -0.15) is 0 Å². The van der Waals surface area contributed by atoms with E-state index in [0.29, 0.717) is 11.0 Å². The number of thiocarbonyl (C=S) groups is 1. The van der Waals surface area contributed by atoms with Crippen molar-refractivity contribution in [2.45, 2.75) is 64.5 Å². The van der Waals surface area contributed by atoms with E-state index in [4.69, 9.17) is 18.0 Å². The molecule has 0 bridgehead atoms. The summed E-state index contributed by atoms with van der Waals surface area (Å²) in [4.78, 5) is 5.91. The van der Waals surface area contributed by atoms with Crippen LogP contribution >= 0.6 is 12.2 Å². The molecule has 0 amide bonds. The van der Waals surface area contributed by atoms with Crippen LogP contribution in [0.5, 0.6) is 0 Å². The summed E-state index contributed by atoms with van der Waals surface area (Å²) in [5.74, 6) is 0.924. The minimum Gasteiger partial charge on any atom is -0.392 e. The number of hydrogen-bond acceptors (Lipinski definition) is 3. The third-order valence-corrected chi connectivity index (χ3v) is 5.64. The van der Waals surface area contributed by atoms with Crippen molar-refractivity contribution < 1.29 is 0 Å². The monoisotopic (exact) mass is 297 g/mol. The molecule has 3 nitrogen and oxygen atoms in total. The lowest BCUT2D eigenvalue weighted by molar-refractivity contribution is 0.0417. The lowest BCUT2D eigenvalue weighted by Crippen LogP contribution is -2.57. The summed E-state index contributed by atoms with van der Waals surface area (Å²) >= 11 is 5.21. The van der Waals surface area contributed by atoms with Gasteiger partial charge in [-0.25, -0.2) is 0 Å². The van der Waals surface area contributed by atoms with Crippen LogP contribution in [-0.2, 0) is 0 Å². The van der Waals surface area contributed by atoms with Gasteiger partial charge in [0.25, 0.3) is 0 Å². The van der Waals surface area contributed by atoms with E-state index in [1.54, 1.807) is 0 Å². The molecule has 3 atom stereocenters. The zero-order valence-electron chi connectivity index (χ0n) is 13.2. The zero-order valence-corrected chi connectivity index (χ0v) is 14.0. The summed E-state index contributed by atoms with van der Waals surface area (Å²) in [6.45, 7) is 9.19. The van der Waals surface area contributed by atoms with Crippen LogP contribution in [0.15, 0.2) is 0 Å². The molecule has 0 aromatic carbocycles. The molecule has 3 unspecified atom stereocenters. The molecule has 0 aromatic rings. The van der Waals surface area contributed by atoms with Crippen LogP contribution in [0.2, 0.25) is 0 Å². The smallest absolute Gasteiger partial charge is 0.0901 e. The average Bonchev–Trinajstić information content (AvgIpc) is 2.48. The largest absolute Gasteiger partial charge is 0.392 e. The first-order valence-corrected chi connectivity index (χ1v) is 8.85. The molecule has 0 aromatic heterocycles. The SMILES string of the molecule is CCC1CCCCC1N1CCN(C(CC)C(N)=S)CC1. The van der Waals surface area contributed by atoms with Gasteiger partial charge in [0.2, 0.25) is 0 Å². The summed E-state index contributed by atoms with van der Waals surface area (Å²) in [6.07, 6.45) is 8.09. The van der Waals surface area contributed by atoms with Crippen molar-refractivity contribution in [1.82, 2.24) is 9.80 Å². The fourth-order valence-corrected chi connectivity index (χ4v) is 4.48. The molecular weight excluding hydrogens is 266 g/mol. The van der Waals surface area contributed by atoms with Gasteiger partial charge in [-0.1, -0.05) is 45.3 Å². The molecule has 2 rings (SSSR count). The van der Waals surface area contributed by atoms with E-state index in [9.17, 15) is 0 Å². The van der Waals surface area contributed by atoms with Crippen LogP contribution in [0.3, 0.4) is 0 Å². The van der Waals surface area contributed by atoms with Crippen LogP contribution in [0.1, 0.15) is 52.4 Å². The van der Waals surface area contributed by atoms with Crippen molar-refractivity contribution in [3.05, 3.63) is 0 Å². The maximum absolute atomic E-state index is 5.88. The highest BCUT2D eigenvalue weighted by Gasteiger charge is 2.32. The third-order valence-electron chi connectivity index (χ3n) is 5.37. The molecule has 2 N–H and O–H groups in total. The number of nitrogens with zero attached hydrogens (tertiary/aromatic N) is 2. The van der Waals surface area contributed by atoms with E-state index in [1.807, 2.05) is 0 Å². The van der Waals surface area contributed by atoms with Crippen LogP contribution in [0, 0.1) is 5.92 Å². The Balaban J connectivity index is 1.88. The van der Waals surface area contributed by atoms with Crippen molar-refractivity contribution in [3.63, 3.8) is 0 Å². The van der Waals surface area contributed by atoms with Crippen molar-refractivity contribution in [2.24, 2.45) is 11.7 Å². The van der Waals surface area contributed by atoms with Gasteiger partial charge in [-0.15, -0.1) is 0 Å². The molecule has 1 saturated carbocycles. The molecule has 2 aliphatic rings. The Morgan fingerprint density at radius 1 is 1.15 bits per heavy atom. The molecule has 4 heteroatoms. The number of nitrogens with two attached hydrogens (primary N) is 1. The maximum atomic E-state index is 5.88. The second-order valence-corrected chi connectivity index (χ2v) is 6.89. The first-order valence-electron chi connectivity index (χ1n) is 8.44. The van der Waals surface area contributed by atoms with Crippen LogP contribution in [0.25, 0.3) is 0 Å². The molecule has 1 aliphatic carbocycles. The third kappa shape index (κ3) is 3.71. The summed E-state index contributed by atoms with van der Waals surface area (Å²) in [7, 11) is 0. The lowest BCUT2D eigenvalue weighted by Gasteiger charge is -2.45. The first kappa shape index (κ1) is 16.2. The number of rotatable bonds is 5. The molecule has 1 aliphatic heterocycles. The van der Waals surface area contributed by atoms with Gasteiger partial charge in [0.05, 0.1) is 11.0 Å². The Kier molecular flexibility index (Phi) is 6.24. The highest BCUT2D eigenvalue weighted by atomic mass is 32.1. The minimum atomic E-state index is 0.306. The zero-order chi connectivity index (χ0) is 14.5. The highest BCUT2D eigenvalue weighted by molar-refractivity contribution is 7.80. The maximum Gasteiger partial charge on any atom is 0.0901 e. The Morgan fingerprint density at radius 3 is 2.35 bits per heavy atom. The quantitative estimate of drug-likeness (QED) is 0.791. The second kappa shape index (κ2) is 7.71. The molecule has 1 heterocycles. The van der Waals surface area contributed by atoms with Crippen molar-refractivity contribution in [3.8, 4) is 0 Å². The van der Waals surface area contributed by atoms with Gasteiger partial charge < -0.3 is 5.73 Å². The summed E-state index contributed by atoms with van der Waals surface area (Å²) in [6, 6.07) is 1.14. The van der Waals surface area contributed by atoms with Crippen LogP contribution in [0.4, 0.5) is 0 Å². The van der Waals surface area contributed by atoms with E-state index in [1.165, 1.54) is 45.2 Å². The fourth-order valence-electron chi connectivity index (χ4n) is 4.17. The molecule has 20 heavy (non-hydrogen) atoms. The van der Waals surface area contributed by atoms with E-state index in [-0.39, 0.29) is 0 Å². The van der Waals surface area contributed by atoms with Crippen molar-refractivity contribution in [1.29, 1.82) is 0 Å². The topological polar surface area (TPSA) is 32.5 Å². The molecule has 0 radical (unpaired) electrons. The molecule has 1 saturated heterocycles. The average molecular weight is 298 g/mol. The second-order valence-electron chi connectivity index (χ2n) is 6.42. The van der Waals surface area contributed by atoms with E-state index >= 15 is 0 Å². The van der Waals surface area contributed by atoms with E-state index in [0.717, 1.165) is 31.5 Å². The number of hydrogen-bond donors (Lipinski definition) is 1. The van der Waals surface area contributed by atoms with Gasteiger partial charge in [0, 0.05) is 32.2 Å². The summed E-state index contributed by atoms with van der Waals surface area (Å²) < 4.78 is 0. The molecule has 116 valence electrons. The van der Waals surface area contributed by atoms with Gasteiger partial charge in [0.15, 0.2) is 0 Å². The van der Waals surface area contributed by atoms with Gasteiger partial charge >= 0.3 is 0 Å². The minimum absolute atomic E-state index is 0.306. The van der Waals surface area contributed by atoms with E-state index in [2.05, 4.69) is 23.6 Å². The summed E-state index contributed by atoms with van der Waals surface area (Å²) in [5, 5.41) is 0. The number of piperazine rings is 1. The fraction of sp³-hybridized carbons (Fsp3) is 0.938. The normalized spacial score (nSPS) is 31.1. The van der Waals surface area contributed by atoms with Gasteiger partial charge in [0.1, 0.15) is 0 Å². The Bertz CT molecular complexity index is 313. The van der Waals surface area contributed by atoms with Crippen molar-refractivity contribution >= 4 is 17.2 Å². The van der Waals surface area contributed by atoms with Crippen LogP contribution < -0.4 is 5.73 Å². The highest BCUT2D eigenvalue weighted by Crippen LogP contribution is 2.31. The van der Waals surface area contributed by atoms with Gasteiger partial charge in [-0.3, -0.25) is 9.80 Å². The Labute approximate surface area is 129 Å². The van der Waals surface area contributed by atoms with Crippen molar-refractivity contribution in [2.75, 3.05) is 26.2 Å². The Hall–Kier alpha value is -0.190. The Morgan fingerprint density at radius 2 is 1.80 bits per heavy atom. The standard InChI is InChI=1S/C16H31N3S/c1-3-13-7-5-6-8-15(13)19-11-9-18(10-12-19)14(4-2)16(17)20/h13-15H,3-12H2,1-2H3,(H2,17,20). The predicted molar refractivity (Wildman–Crippen MR) is 90.0 cm³/mol. The predicted octanol–water partition coefficient (Wildman–Crippen LogP) is 2.64. The van der Waals surface area contributed by atoms with E-state index < -0.39 is 0 Å². The van der Waals surface area contributed by atoms with Gasteiger partial charge in [-0.05, 0) is 25.2 Å².